The molecular formula is C14H18Cl2N2O4S2. The zero-order valence-corrected chi connectivity index (χ0v) is 16.2. The van der Waals surface area contributed by atoms with E-state index in [2.05, 4.69) is 0 Å². The molecule has 0 amide bonds. The van der Waals surface area contributed by atoms with Crippen LogP contribution in [0.5, 0.6) is 0 Å². The zero-order valence-electron chi connectivity index (χ0n) is 13.1. The molecule has 1 aliphatic carbocycles. The van der Waals surface area contributed by atoms with Gasteiger partial charge in [-0.2, -0.15) is 8.61 Å². The number of nitrogens with zero attached hydrogens (tertiary/aromatic N) is 2. The number of rotatable bonds is 4. The molecule has 0 spiro atoms. The van der Waals surface area contributed by atoms with Crippen molar-refractivity contribution in [2.75, 3.05) is 26.2 Å². The fraction of sp³-hybridized carbons (Fsp3) is 0.571. The van der Waals surface area contributed by atoms with Gasteiger partial charge in [-0.3, -0.25) is 0 Å². The van der Waals surface area contributed by atoms with Gasteiger partial charge in [0, 0.05) is 31.2 Å². The molecule has 1 aliphatic heterocycles. The predicted octanol–water partition coefficient (Wildman–Crippen LogP) is 2.10. The summed E-state index contributed by atoms with van der Waals surface area (Å²) < 4.78 is 52.7. The molecule has 2 fully saturated rings. The molecule has 0 unspecified atom stereocenters. The van der Waals surface area contributed by atoms with Gasteiger partial charge in [0.25, 0.3) is 0 Å². The van der Waals surface area contributed by atoms with Crippen molar-refractivity contribution in [2.45, 2.75) is 29.9 Å². The Morgan fingerprint density at radius 2 is 1.46 bits per heavy atom. The minimum atomic E-state index is -3.78. The third kappa shape index (κ3) is 3.32. The monoisotopic (exact) mass is 412 g/mol. The van der Waals surface area contributed by atoms with Crippen LogP contribution in [0.2, 0.25) is 10.0 Å². The first-order valence-electron chi connectivity index (χ1n) is 7.59. The van der Waals surface area contributed by atoms with E-state index >= 15 is 0 Å². The highest BCUT2D eigenvalue weighted by atomic mass is 35.5. The Labute approximate surface area is 152 Å². The summed E-state index contributed by atoms with van der Waals surface area (Å²) in [5, 5.41) is 0.187. The summed E-state index contributed by atoms with van der Waals surface area (Å²) in [6.07, 6.45) is 1.39. The molecule has 6 nitrogen and oxygen atoms in total. The Kier molecular flexibility index (Phi) is 4.92. The van der Waals surface area contributed by atoms with Gasteiger partial charge in [0.1, 0.15) is 4.90 Å². The average molecular weight is 413 g/mol. The lowest BCUT2D eigenvalue weighted by atomic mass is 10.2. The molecule has 2 aliphatic rings. The predicted molar refractivity (Wildman–Crippen MR) is 93.5 cm³/mol. The van der Waals surface area contributed by atoms with Gasteiger partial charge in [0.05, 0.1) is 10.3 Å². The summed E-state index contributed by atoms with van der Waals surface area (Å²) in [5.41, 5.74) is 0.620. The number of hydrogen-bond donors (Lipinski definition) is 0. The minimum Gasteiger partial charge on any atom is -0.212 e. The van der Waals surface area contributed by atoms with Crippen molar-refractivity contribution in [2.24, 2.45) is 0 Å². The summed E-state index contributed by atoms with van der Waals surface area (Å²) >= 11 is 12.0. The van der Waals surface area contributed by atoms with Crippen molar-refractivity contribution in [1.82, 2.24) is 8.61 Å². The molecule has 1 aromatic rings. The van der Waals surface area contributed by atoms with Crippen LogP contribution in [0, 0.1) is 6.92 Å². The van der Waals surface area contributed by atoms with Gasteiger partial charge in [-0.15, -0.1) is 0 Å². The van der Waals surface area contributed by atoms with Crippen LogP contribution >= 0.6 is 23.2 Å². The molecule has 1 saturated carbocycles. The van der Waals surface area contributed by atoms with E-state index in [0.717, 1.165) is 0 Å². The number of sulfonamides is 2. The van der Waals surface area contributed by atoms with Crippen LogP contribution in [0.15, 0.2) is 17.0 Å². The second kappa shape index (κ2) is 6.41. The molecule has 1 aromatic carbocycles. The SMILES string of the molecule is Cc1cc(S(=O)(=O)N2CCN(S(=O)(=O)C3CC3)CC2)c(Cl)cc1Cl. The van der Waals surface area contributed by atoms with Gasteiger partial charge < -0.3 is 0 Å². The number of halogens is 2. The van der Waals surface area contributed by atoms with Crippen molar-refractivity contribution < 1.29 is 16.8 Å². The van der Waals surface area contributed by atoms with Gasteiger partial charge in [-0.1, -0.05) is 23.2 Å². The molecule has 1 heterocycles. The number of piperazine rings is 1. The van der Waals surface area contributed by atoms with Gasteiger partial charge in [-0.05, 0) is 37.5 Å². The smallest absolute Gasteiger partial charge is 0.212 e. The molecule has 0 bridgehead atoms. The molecule has 1 saturated heterocycles. The second-order valence-corrected chi connectivity index (χ2v) is 11.0. The molecule has 3 rings (SSSR count). The number of aryl methyl sites for hydroxylation is 1. The van der Waals surface area contributed by atoms with E-state index < -0.39 is 20.0 Å². The number of benzene rings is 1. The van der Waals surface area contributed by atoms with Crippen LogP contribution in [0.1, 0.15) is 18.4 Å². The normalized spacial score (nSPS) is 21.1. The lowest BCUT2D eigenvalue weighted by Gasteiger charge is -2.33. The summed E-state index contributed by atoms with van der Waals surface area (Å²) in [4.78, 5) is 0.00423. The Hall–Kier alpha value is -0.380. The molecule has 134 valence electrons. The maximum Gasteiger partial charge on any atom is 0.244 e. The Morgan fingerprint density at radius 3 is 2.00 bits per heavy atom. The topological polar surface area (TPSA) is 74.8 Å². The lowest BCUT2D eigenvalue weighted by molar-refractivity contribution is 0.272. The van der Waals surface area contributed by atoms with Crippen LogP contribution in [0.3, 0.4) is 0 Å². The van der Waals surface area contributed by atoms with E-state index in [9.17, 15) is 16.8 Å². The summed E-state index contributed by atoms with van der Waals surface area (Å²) in [6, 6.07) is 2.87. The number of hydrogen-bond acceptors (Lipinski definition) is 4. The van der Waals surface area contributed by atoms with Crippen molar-refractivity contribution in [3.05, 3.63) is 27.7 Å². The fourth-order valence-corrected chi connectivity index (χ4v) is 6.76. The van der Waals surface area contributed by atoms with Gasteiger partial charge >= 0.3 is 0 Å². The maximum absolute atomic E-state index is 12.8. The Morgan fingerprint density at radius 1 is 0.917 bits per heavy atom. The van der Waals surface area contributed by atoms with Crippen molar-refractivity contribution >= 4 is 43.2 Å². The Bertz CT molecular complexity index is 859. The molecule has 0 aromatic heterocycles. The van der Waals surface area contributed by atoms with Crippen LogP contribution in [-0.2, 0) is 20.0 Å². The summed E-state index contributed by atoms with van der Waals surface area (Å²) in [7, 11) is -7.06. The van der Waals surface area contributed by atoms with Gasteiger partial charge in [-0.25, -0.2) is 16.8 Å². The third-order valence-corrected chi connectivity index (χ3v) is 9.50. The second-order valence-electron chi connectivity index (χ2n) is 6.08. The van der Waals surface area contributed by atoms with Crippen LogP contribution < -0.4 is 0 Å². The largest absolute Gasteiger partial charge is 0.244 e. The van der Waals surface area contributed by atoms with E-state index in [0.29, 0.717) is 23.4 Å². The molecule has 0 N–H and O–H groups in total. The van der Waals surface area contributed by atoms with E-state index in [1.54, 1.807) is 6.92 Å². The summed E-state index contributed by atoms with van der Waals surface area (Å²) in [6.45, 7) is 2.28. The van der Waals surface area contributed by atoms with Gasteiger partial charge in [0.15, 0.2) is 0 Å². The van der Waals surface area contributed by atoms with Gasteiger partial charge in [0.2, 0.25) is 20.0 Å². The lowest BCUT2D eigenvalue weighted by Crippen LogP contribution is -2.51. The Balaban J connectivity index is 1.79. The molecule has 10 heteroatoms. The van der Waals surface area contributed by atoms with E-state index in [-0.39, 0.29) is 41.3 Å². The molecule has 0 radical (unpaired) electrons. The van der Waals surface area contributed by atoms with Crippen molar-refractivity contribution in [3.63, 3.8) is 0 Å². The quantitative estimate of drug-likeness (QED) is 0.758. The molecular weight excluding hydrogens is 395 g/mol. The highest BCUT2D eigenvalue weighted by molar-refractivity contribution is 7.90. The first kappa shape index (κ1) is 18.4. The summed E-state index contributed by atoms with van der Waals surface area (Å²) in [5.74, 6) is 0. The highest BCUT2D eigenvalue weighted by Crippen LogP contribution is 2.33. The zero-order chi connectivity index (χ0) is 17.7. The van der Waals surface area contributed by atoms with Crippen LogP contribution in [-0.4, -0.2) is 56.9 Å². The van der Waals surface area contributed by atoms with E-state index in [1.165, 1.54) is 20.7 Å². The van der Waals surface area contributed by atoms with E-state index in [1.807, 2.05) is 0 Å². The fourth-order valence-electron chi connectivity index (χ4n) is 2.71. The average Bonchev–Trinajstić information content (AvgIpc) is 3.36. The van der Waals surface area contributed by atoms with Crippen molar-refractivity contribution in [3.8, 4) is 0 Å². The molecule has 0 atom stereocenters. The van der Waals surface area contributed by atoms with Crippen LogP contribution in [0.25, 0.3) is 0 Å². The first-order valence-corrected chi connectivity index (χ1v) is 11.3. The van der Waals surface area contributed by atoms with Crippen molar-refractivity contribution in [1.29, 1.82) is 0 Å². The van der Waals surface area contributed by atoms with E-state index in [4.69, 9.17) is 23.2 Å². The third-order valence-electron chi connectivity index (χ3n) is 4.33. The highest BCUT2D eigenvalue weighted by Gasteiger charge is 2.42. The standard InChI is InChI=1S/C14H18Cl2N2O4S2/c1-10-8-14(13(16)9-12(10)15)24(21,22)18-6-4-17(5-7-18)23(19,20)11-2-3-11/h8-9,11H,2-7H2,1H3. The van der Waals surface area contributed by atoms with Crippen LogP contribution in [0.4, 0.5) is 0 Å². The molecule has 24 heavy (non-hydrogen) atoms. The first-order chi connectivity index (χ1) is 11.1. The maximum atomic E-state index is 12.8. The minimum absolute atomic E-state index is 0.00423.